The quantitative estimate of drug-likeness (QED) is 0.813. The molecule has 0 aliphatic carbocycles. The molecule has 0 radical (unpaired) electrons. The first kappa shape index (κ1) is 13.9. The first-order valence-electron chi connectivity index (χ1n) is 7.45. The molecule has 1 fully saturated rings. The highest BCUT2D eigenvalue weighted by Gasteiger charge is 2.20. The maximum Gasteiger partial charge on any atom is 0.242 e. The van der Waals surface area contributed by atoms with E-state index < -0.39 is 0 Å². The van der Waals surface area contributed by atoms with Gasteiger partial charge in [-0.3, -0.25) is 9.59 Å². The van der Waals surface area contributed by atoms with Gasteiger partial charge in [-0.25, -0.2) is 0 Å². The predicted octanol–water partition coefficient (Wildman–Crippen LogP) is 2.77. The summed E-state index contributed by atoms with van der Waals surface area (Å²) in [6.07, 6.45) is 4.01. The molecule has 1 aromatic carbocycles. The first-order valence-corrected chi connectivity index (χ1v) is 7.45. The van der Waals surface area contributed by atoms with Crippen molar-refractivity contribution in [3.63, 3.8) is 0 Å². The molecule has 0 unspecified atom stereocenters. The van der Waals surface area contributed by atoms with Crippen molar-refractivity contribution >= 4 is 22.6 Å². The van der Waals surface area contributed by atoms with E-state index in [0.29, 0.717) is 12.1 Å². The van der Waals surface area contributed by atoms with Gasteiger partial charge < -0.3 is 9.47 Å². The predicted molar refractivity (Wildman–Crippen MR) is 82.5 cm³/mol. The monoisotopic (exact) mass is 284 g/mol. The number of nitrogens with zero attached hydrogens (tertiary/aromatic N) is 2. The number of aromatic nitrogens is 1. The Morgan fingerprint density at radius 2 is 1.90 bits per heavy atom. The number of likely N-dealkylation sites (tertiary alicyclic amines) is 1. The van der Waals surface area contributed by atoms with E-state index in [2.05, 4.69) is 0 Å². The fraction of sp³-hybridized carbons (Fsp3) is 0.412. The Balaban J connectivity index is 2.01. The summed E-state index contributed by atoms with van der Waals surface area (Å²) in [7, 11) is 0. The van der Waals surface area contributed by atoms with Gasteiger partial charge in [-0.1, -0.05) is 18.2 Å². The summed E-state index contributed by atoms with van der Waals surface area (Å²) >= 11 is 0. The largest absolute Gasteiger partial charge is 0.341 e. The lowest BCUT2D eigenvalue weighted by atomic mass is 10.1. The maximum absolute atomic E-state index is 12.4. The van der Waals surface area contributed by atoms with Crippen LogP contribution in [0.4, 0.5) is 0 Å². The molecule has 1 aromatic heterocycles. The number of hydrogen-bond donors (Lipinski definition) is 0. The molecule has 2 heterocycles. The van der Waals surface area contributed by atoms with E-state index in [0.717, 1.165) is 42.4 Å². The zero-order valence-corrected chi connectivity index (χ0v) is 12.6. The average molecular weight is 284 g/mol. The lowest BCUT2D eigenvalue weighted by Gasteiger charge is -2.16. The molecule has 1 aliphatic rings. The van der Waals surface area contributed by atoms with Crippen LogP contribution in [-0.4, -0.2) is 34.2 Å². The van der Waals surface area contributed by atoms with Gasteiger partial charge >= 0.3 is 0 Å². The van der Waals surface area contributed by atoms with Crippen molar-refractivity contribution in [2.45, 2.75) is 33.2 Å². The lowest BCUT2D eigenvalue weighted by molar-refractivity contribution is -0.130. The van der Waals surface area contributed by atoms with Crippen molar-refractivity contribution in [3.8, 4) is 0 Å². The third-order valence-electron chi connectivity index (χ3n) is 4.24. The zero-order valence-electron chi connectivity index (χ0n) is 12.6. The lowest BCUT2D eigenvalue weighted by Crippen LogP contribution is -2.30. The van der Waals surface area contributed by atoms with Gasteiger partial charge in [0.25, 0.3) is 0 Å². The normalized spacial score (nSPS) is 14.9. The van der Waals surface area contributed by atoms with Crippen LogP contribution in [0.3, 0.4) is 0 Å². The Labute approximate surface area is 124 Å². The summed E-state index contributed by atoms with van der Waals surface area (Å²) in [5.41, 5.74) is 2.78. The van der Waals surface area contributed by atoms with E-state index in [4.69, 9.17) is 0 Å². The smallest absolute Gasteiger partial charge is 0.242 e. The van der Waals surface area contributed by atoms with Crippen molar-refractivity contribution in [2.24, 2.45) is 0 Å². The van der Waals surface area contributed by atoms with Gasteiger partial charge in [-0.2, -0.15) is 0 Å². The third-order valence-corrected chi connectivity index (χ3v) is 4.24. The van der Waals surface area contributed by atoms with Crippen molar-refractivity contribution in [2.75, 3.05) is 13.1 Å². The number of amides is 1. The fourth-order valence-electron chi connectivity index (χ4n) is 3.16. The van der Waals surface area contributed by atoms with Crippen LogP contribution in [0.2, 0.25) is 0 Å². The Morgan fingerprint density at radius 1 is 1.19 bits per heavy atom. The summed E-state index contributed by atoms with van der Waals surface area (Å²) < 4.78 is 1.93. The molecule has 110 valence electrons. The van der Waals surface area contributed by atoms with Crippen molar-refractivity contribution in [1.82, 2.24) is 9.47 Å². The van der Waals surface area contributed by atoms with Crippen molar-refractivity contribution in [1.29, 1.82) is 0 Å². The molecule has 21 heavy (non-hydrogen) atoms. The molecule has 4 nitrogen and oxygen atoms in total. The molecule has 2 aromatic rings. The number of carbonyl (C=O) groups is 2. The van der Waals surface area contributed by atoms with Crippen LogP contribution < -0.4 is 0 Å². The third kappa shape index (κ3) is 2.46. The molecular weight excluding hydrogens is 264 g/mol. The highest BCUT2D eigenvalue weighted by molar-refractivity contribution is 6.07. The Bertz CT molecular complexity index is 709. The number of carbonyl (C=O) groups excluding carboxylic acids is 2. The van der Waals surface area contributed by atoms with E-state index in [1.165, 1.54) is 0 Å². The van der Waals surface area contributed by atoms with Gasteiger partial charge in [0, 0.05) is 30.2 Å². The molecule has 1 amide bonds. The number of Topliss-reactive ketones (excluding diaryl/α,β-unsaturated/α-hetero) is 1. The van der Waals surface area contributed by atoms with Gasteiger partial charge in [0.05, 0.1) is 5.52 Å². The second-order valence-corrected chi connectivity index (χ2v) is 5.79. The minimum absolute atomic E-state index is 0.0398. The summed E-state index contributed by atoms with van der Waals surface area (Å²) in [5, 5.41) is 0.941. The van der Waals surface area contributed by atoms with Crippen LogP contribution in [0.25, 0.3) is 10.9 Å². The SMILES string of the molecule is CC(=O)c1cn(CC(=O)N2CCCC2)c2c(C)cccc12. The standard InChI is InChI=1S/C17H20N2O2/c1-12-6-5-7-14-15(13(2)20)10-19(17(12)14)11-16(21)18-8-3-4-9-18/h5-7,10H,3-4,8-9,11H2,1-2H3. The summed E-state index contributed by atoms with van der Waals surface area (Å²) in [5.74, 6) is 0.181. The first-order chi connectivity index (χ1) is 10.1. The molecule has 4 heteroatoms. The van der Waals surface area contributed by atoms with Crippen LogP contribution in [0.1, 0.15) is 35.7 Å². The van der Waals surface area contributed by atoms with Gasteiger partial charge in [0.15, 0.2) is 5.78 Å². The number of ketones is 1. The second kappa shape index (κ2) is 5.35. The van der Waals surface area contributed by atoms with E-state index in [1.54, 1.807) is 6.92 Å². The Hall–Kier alpha value is -2.10. The van der Waals surface area contributed by atoms with E-state index in [9.17, 15) is 9.59 Å². The number of benzene rings is 1. The van der Waals surface area contributed by atoms with E-state index >= 15 is 0 Å². The number of fused-ring (bicyclic) bond motifs is 1. The van der Waals surface area contributed by atoms with Gasteiger partial charge in [0.2, 0.25) is 5.91 Å². The Morgan fingerprint density at radius 3 is 2.57 bits per heavy atom. The van der Waals surface area contributed by atoms with E-state index in [-0.39, 0.29) is 11.7 Å². The van der Waals surface area contributed by atoms with Crippen LogP contribution in [-0.2, 0) is 11.3 Å². The highest BCUT2D eigenvalue weighted by atomic mass is 16.2. The molecule has 0 bridgehead atoms. The summed E-state index contributed by atoms with van der Waals surface area (Å²) in [6.45, 7) is 5.62. The topological polar surface area (TPSA) is 42.3 Å². The molecule has 0 atom stereocenters. The summed E-state index contributed by atoms with van der Waals surface area (Å²) in [6, 6.07) is 5.93. The zero-order chi connectivity index (χ0) is 15.0. The maximum atomic E-state index is 12.4. The van der Waals surface area contributed by atoms with Crippen molar-refractivity contribution < 1.29 is 9.59 Å². The minimum atomic E-state index is 0.0398. The van der Waals surface area contributed by atoms with Crippen LogP contribution in [0, 0.1) is 6.92 Å². The summed E-state index contributed by atoms with van der Waals surface area (Å²) in [4.78, 5) is 26.1. The fourth-order valence-corrected chi connectivity index (χ4v) is 3.16. The molecular formula is C17H20N2O2. The molecule has 0 N–H and O–H groups in total. The minimum Gasteiger partial charge on any atom is -0.341 e. The van der Waals surface area contributed by atoms with Crippen molar-refractivity contribution in [3.05, 3.63) is 35.5 Å². The van der Waals surface area contributed by atoms with Crippen LogP contribution in [0.15, 0.2) is 24.4 Å². The van der Waals surface area contributed by atoms with Gasteiger partial charge in [0.1, 0.15) is 6.54 Å². The van der Waals surface area contributed by atoms with Gasteiger partial charge in [-0.05, 0) is 32.3 Å². The number of rotatable bonds is 3. The molecule has 1 aliphatic heterocycles. The van der Waals surface area contributed by atoms with Crippen LogP contribution in [0.5, 0.6) is 0 Å². The second-order valence-electron chi connectivity index (χ2n) is 5.79. The van der Waals surface area contributed by atoms with Gasteiger partial charge in [-0.15, -0.1) is 0 Å². The highest BCUT2D eigenvalue weighted by Crippen LogP contribution is 2.25. The number of para-hydroxylation sites is 1. The average Bonchev–Trinajstić information content (AvgIpc) is 3.07. The molecule has 3 rings (SSSR count). The molecule has 0 spiro atoms. The molecule has 0 saturated carbocycles. The van der Waals surface area contributed by atoms with E-state index in [1.807, 2.05) is 40.8 Å². The Kier molecular flexibility index (Phi) is 3.53. The van der Waals surface area contributed by atoms with Crippen LogP contribution >= 0.6 is 0 Å². The number of hydrogen-bond acceptors (Lipinski definition) is 2. The number of aryl methyl sites for hydroxylation is 1. The molecule has 1 saturated heterocycles.